The summed E-state index contributed by atoms with van der Waals surface area (Å²) in [7, 11) is 0. The normalized spacial score (nSPS) is 33.1. The van der Waals surface area contributed by atoms with Crippen LogP contribution in [-0.2, 0) is 18.9 Å². The molecular weight excluding hydrogens is 328 g/mol. The molecule has 4 unspecified atom stereocenters. The Morgan fingerprint density at radius 2 is 1.77 bits per heavy atom. The third kappa shape index (κ3) is 4.24. The molecule has 0 bridgehead atoms. The Morgan fingerprint density at radius 1 is 1.08 bits per heavy atom. The van der Waals surface area contributed by atoms with Gasteiger partial charge in [0.2, 0.25) is 0 Å². The number of allylic oxidation sites excluding steroid dienone is 7. The summed E-state index contributed by atoms with van der Waals surface area (Å²) < 4.78 is 22.2. The minimum atomic E-state index is 0.119. The first-order valence-electron chi connectivity index (χ1n) is 9.81. The van der Waals surface area contributed by atoms with Gasteiger partial charge >= 0.3 is 0 Å². The van der Waals surface area contributed by atoms with E-state index in [1.807, 2.05) is 0 Å². The fourth-order valence-electron chi connectivity index (χ4n) is 3.70. The van der Waals surface area contributed by atoms with Crippen molar-refractivity contribution in [1.29, 1.82) is 0 Å². The summed E-state index contributed by atoms with van der Waals surface area (Å²) in [5.74, 6) is 2.99. The average molecular weight is 358 g/mol. The lowest BCUT2D eigenvalue weighted by Crippen LogP contribution is -2.28. The Labute approximate surface area is 156 Å². The van der Waals surface area contributed by atoms with E-state index in [9.17, 15) is 0 Å². The van der Waals surface area contributed by atoms with Crippen molar-refractivity contribution in [2.45, 2.75) is 45.8 Å². The predicted octanol–water partition coefficient (Wildman–Crippen LogP) is 4.15. The second kappa shape index (κ2) is 7.24. The summed E-state index contributed by atoms with van der Waals surface area (Å²) in [4.78, 5) is 0. The lowest BCUT2D eigenvalue weighted by molar-refractivity contribution is 0.153. The second-order valence-corrected chi connectivity index (χ2v) is 8.43. The van der Waals surface area contributed by atoms with Crippen LogP contribution in [0.15, 0.2) is 47.5 Å². The number of rotatable bonds is 8. The molecule has 0 spiro atoms. The molecule has 142 valence electrons. The van der Waals surface area contributed by atoms with Crippen molar-refractivity contribution >= 4 is 0 Å². The zero-order valence-electron chi connectivity index (χ0n) is 16.1. The Balaban J connectivity index is 1.36. The average Bonchev–Trinajstić information content (AvgIpc) is 3.54. The molecule has 0 aromatic rings. The largest absolute Gasteiger partial charge is 0.495 e. The van der Waals surface area contributed by atoms with Gasteiger partial charge in [-0.3, -0.25) is 0 Å². The quantitative estimate of drug-likeness (QED) is 0.611. The maximum atomic E-state index is 5.93. The summed E-state index contributed by atoms with van der Waals surface area (Å²) in [5, 5.41) is 0. The molecule has 4 atom stereocenters. The van der Waals surface area contributed by atoms with Crippen LogP contribution in [0.5, 0.6) is 0 Å². The maximum absolute atomic E-state index is 5.93. The SMILES string of the molecule is CC1CC(C(C)(C)C2C=CC(OCC3CO3)=CC2)=CC=C1OCC1CO1. The molecule has 4 nitrogen and oxygen atoms in total. The molecule has 2 aliphatic heterocycles. The van der Waals surface area contributed by atoms with E-state index >= 15 is 0 Å². The molecule has 0 saturated carbocycles. The van der Waals surface area contributed by atoms with Gasteiger partial charge in [0, 0.05) is 5.92 Å². The minimum Gasteiger partial charge on any atom is -0.495 e. The summed E-state index contributed by atoms with van der Waals surface area (Å²) in [6.07, 6.45) is 13.8. The van der Waals surface area contributed by atoms with Gasteiger partial charge in [0.25, 0.3) is 0 Å². The fraction of sp³-hybridized carbons (Fsp3) is 0.636. The molecule has 0 N–H and O–H groups in total. The van der Waals surface area contributed by atoms with E-state index in [4.69, 9.17) is 18.9 Å². The van der Waals surface area contributed by atoms with Gasteiger partial charge in [-0.25, -0.2) is 0 Å². The van der Waals surface area contributed by atoms with E-state index in [-0.39, 0.29) is 5.41 Å². The second-order valence-electron chi connectivity index (χ2n) is 8.43. The van der Waals surface area contributed by atoms with Crippen LogP contribution in [-0.4, -0.2) is 38.6 Å². The lowest BCUT2D eigenvalue weighted by atomic mass is 9.67. The fourth-order valence-corrected chi connectivity index (χ4v) is 3.70. The molecule has 2 fully saturated rings. The molecule has 0 aromatic heterocycles. The van der Waals surface area contributed by atoms with Gasteiger partial charge in [0.1, 0.15) is 31.2 Å². The topological polar surface area (TPSA) is 43.5 Å². The number of hydrogen-bond acceptors (Lipinski definition) is 4. The van der Waals surface area contributed by atoms with Crippen molar-refractivity contribution in [3.05, 3.63) is 47.5 Å². The van der Waals surface area contributed by atoms with Crippen LogP contribution in [0.25, 0.3) is 0 Å². The zero-order chi connectivity index (χ0) is 18.1. The number of hydrogen-bond donors (Lipinski definition) is 0. The summed E-state index contributed by atoms with van der Waals surface area (Å²) in [6.45, 7) is 10.0. The van der Waals surface area contributed by atoms with Gasteiger partial charge < -0.3 is 18.9 Å². The Bertz CT molecular complexity index is 647. The first kappa shape index (κ1) is 17.9. The molecule has 2 heterocycles. The first-order chi connectivity index (χ1) is 12.5. The monoisotopic (exact) mass is 358 g/mol. The molecule has 2 saturated heterocycles. The molecule has 4 rings (SSSR count). The van der Waals surface area contributed by atoms with Crippen molar-refractivity contribution in [2.24, 2.45) is 17.3 Å². The van der Waals surface area contributed by atoms with Gasteiger partial charge in [-0.05, 0) is 42.4 Å². The maximum Gasteiger partial charge on any atom is 0.117 e. The van der Waals surface area contributed by atoms with E-state index in [0.717, 1.165) is 37.6 Å². The van der Waals surface area contributed by atoms with Crippen LogP contribution in [0.3, 0.4) is 0 Å². The molecular formula is C22H30O4. The molecule has 0 radical (unpaired) electrons. The molecule has 4 heteroatoms. The van der Waals surface area contributed by atoms with Crippen molar-refractivity contribution in [1.82, 2.24) is 0 Å². The molecule has 2 aliphatic carbocycles. The first-order valence-corrected chi connectivity index (χ1v) is 9.81. The zero-order valence-corrected chi connectivity index (χ0v) is 16.1. The highest BCUT2D eigenvalue weighted by Gasteiger charge is 2.35. The smallest absolute Gasteiger partial charge is 0.117 e. The van der Waals surface area contributed by atoms with E-state index < -0.39 is 0 Å². The van der Waals surface area contributed by atoms with Crippen molar-refractivity contribution in [3.63, 3.8) is 0 Å². The summed E-state index contributed by atoms with van der Waals surface area (Å²) in [6, 6.07) is 0. The molecule has 4 aliphatic rings. The molecule has 0 aromatic carbocycles. The van der Waals surface area contributed by atoms with E-state index in [0.29, 0.717) is 37.3 Å². The highest BCUT2D eigenvalue weighted by molar-refractivity contribution is 5.31. The highest BCUT2D eigenvalue weighted by atomic mass is 16.6. The standard InChI is InChI=1S/C22H30O4/c1-15-10-17(6-9-21(15)26-14-20-13-25-20)22(2,3)16-4-7-18(8-5-16)23-11-19-12-24-19/h4,6-9,15-16,19-20H,5,10-14H2,1-3H3. The van der Waals surface area contributed by atoms with E-state index in [1.165, 1.54) is 5.57 Å². The summed E-state index contributed by atoms with van der Waals surface area (Å²) in [5.41, 5.74) is 1.62. The van der Waals surface area contributed by atoms with E-state index in [2.05, 4.69) is 51.2 Å². The third-order valence-corrected chi connectivity index (χ3v) is 5.96. The lowest BCUT2D eigenvalue weighted by Gasteiger charge is -2.38. The van der Waals surface area contributed by atoms with Crippen molar-refractivity contribution in [2.75, 3.05) is 26.4 Å². The van der Waals surface area contributed by atoms with Crippen molar-refractivity contribution < 1.29 is 18.9 Å². The predicted molar refractivity (Wildman–Crippen MR) is 100 cm³/mol. The Kier molecular flexibility index (Phi) is 4.98. The van der Waals surface area contributed by atoms with Gasteiger partial charge in [0.05, 0.1) is 19.0 Å². The van der Waals surface area contributed by atoms with Gasteiger partial charge in [0.15, 0.2) is 0 Å². The van der Waals surface area contributed by atoms with Gasteiger partial charge in [-0.15, -0.1) is 0 Å². The Morgan fingerprint density at radius 3 is 2.35 bits per heavy atom. The van der Waals surface area contributed by atoms with Crippen molar-refractivity contribution in [3.8, 4) is 0 Å². The number of ether oxygens (including phenoxy) is 4. The van der Waals surface area contributed by atoms with E-state index in [1.54, 1.807) is 0 Å². The van der Waals surface area contributed by atoms with Gasteiger partial charge in [-0.1, -0.05) is 38.5 Å². The van der Waals surface area contributed by atoms with Crippen LogP contribution in [0.2, 0.25) is 0 Å². The van der Waals surface area contributed by atoms with Crippen LogP contribution < -0.4 is 0 Å². The molecule has 0 amide bonds. The minimum absolute atomic E-state index is 0.119. The van der Waals surface area contributed by atoms with Crippen LogP contribution >= 0.6 is 0 Å². The van der Waals surface area contributed by atoms with Crippen LogP contribution in [0.4, 0.5) is 0 Å². The van der Waals surface area contributed by atoms with Crippen LogP contribution in [0.1, 0.15) is 33.6 Å². The number of epoxide rings is 2. The summed E-state index contributed by atoms with van der Waals surface area (Å²) >= 11 is 0. The Hall–Kier alpha value is -1.52. The third-order valence-electron chi connectivity index (χ3n) is 5.96. The van der Waals surface area contributed by atoms with Gasteiger partial charge in [-0.2, -0.15) is 0 Å². The highest BCUT2D eigenvalue weighted by Crippen LogP contribution is 2.45. The van der Waals surface area contributed by atoms with Crippen LogP contribution in [0, 0.1) is 17.3 Å². The molecule has 26 heavy (non-hydrogen) atoms.